The van der Waals surface area contributed by atoms with Gasteiger partial charge in [-0.2, -0.15) is 0 Å². The third-order valence-electron chi connectivity index (χ3n) is 9.92. The Bertz CT molecular complexity index is 1600. The molecule has 0 bridgehead atoms. The normalized spacial score (nSPS) is 25.7. The van der Waals surface area contributed by atoms with Crippen molar-refractivity contribution in [3.63, 3.8) is 0 Å². The Hall–Kier alpha value is -4.43. The molecule has 1 N–H and O–H groups in total. The van der Waals surface area contributed by atoms with Crippen molar-refractivity contribution in [3.05, 3.63) is 41.0 Å². The summed E-state index contributed by atoms with van der Waals surface area (Å²) in [5.74, 6) is -0.891. The van der Waals surface area contributed by atoms with Crippen molar-refractivity contribution in [3.8, 4) is 28.7 Å². The second-order valence-electron chi connectivity index (χ2n) is 14.2. The number of esters is 2. The molecule has 14 nitrogen and oxygen atoms in total. The van der Waals surface area contributed by atoms with Crippen LogP contribution in [-0.4, -0.2) is 81.0 Å². The Morgan fingerprint density at radius 1 is 0.878 bits per heavy atom. The molecule has 265 valence electrons. The maximum atomic E-state index is 13.6. The fourth-order valence-corrected chi connectivity index (χ4v) is 7.85. The van der Waals surface area contributed by atoms with Crippen molar-refractivity contribution in [1.82, 2.24) is 10.4 Å². The van der Waals surface area contributed by atoms with Crippen LogP contribution in [0.3, 0.4) is 0 Å². The standard InChI is InChI=1S/C35H43N2O12/c1-17(36-33(40)48-19-13-34(2,3)37(41)35(4,5)14-19)31(38)49-29-21-12-24-23(46-16-47-24)11-20(21)27(28-22(29)15-45-32(28)39)18-9-25(42-6)30(44-8)26(10-18)43-7/h9-12,17,19,22,27-29H,13-16H2,1-8H3,(H,36,40)/t17-,22-,27+,28-,29-/m0/s1. The van der Waals surface area contributed by atoms with Crippen molar-refractivity contribution in [2.24, 2.45) is 11.8 Å². The zero-order valence-electron chi connectivity index (χ0n) is 28.9. The summed E-state index contributed by atoms with van der Waals surface area (Å²) in [5.41, 5.74) is 0.501. The highest BCUT2D eigenvalue weighted by molar-refractivity contribution is 5.82. The molecular formula is C35H43N2O12. The third kappa shape index (κ3) is 6.16. The van der Waals surface area contributed by atoms with Crippen LogP contribution in [0.15, 0.2) is 24.3 Å². The van der Waals surface area contributed by atoms with Gasteiger partial charge in [-0.05, 0) is 70.0 Å². The number of carbonyl (C=O) groups excluding carboxylic acids is 3. The van der Waals surface area contributed by atoms with Gasteiger partial charge >= 0.3 is 18.0 Å². The number of rotatable bonds is 8. The first-order valence-corrected chi connectivity index (χ1v) is 16.2. The smallest absolute Gasteiger partial charge is 0.408 e. The van der Waals surface area contributed by atoms with E-state index in [9.17, 15) is 19.6 Å². The van der Waals surface area contributed by atoms with Crippen molar-refractivity contribution in [1.29, 1.82) is 0 Å². The molecule has 3 aliphatic heterocycles. The molecule has 0 unspecified atom stereocenters. The lowest BCUT2D eigenvalue weighted by atomic mass is 9.66. The van der Waals surface area contributed by atoms with Crippen molar-refractivity contribution in [2.75, 3.05) is 34.7 Å². The maximum Gasteiger partial charge on any atom is 0.408 e. The van der Waals surface area contributed by atoms with Crippen molar-refractivity contribution >= 4 is 18.0 Å². The zero-order chi connectivity index (χ0) is 35.4. The molecule has 2 fully saturated rings. The first-order chi connectivity index (χ1) is 23.2. The molecule has 5 atom stereocenters. The van der Waals surface area contributed by atoms with Gasteiger partial charge in [-0.1, -0.05) is 0 Å². The summed E-state index contributed by atoms with van der Waals surface area (Å²) in [6.07, 6.45) is -1.57. The van der Waals surface area contributed by atoms with Gasteiger partial charge in [0.05, 0.1) is 33.9 Å². The minimum atomic E-state index is -1.10. The van der Waals surface area contributed by atoms with Gasteiger partial charge in [0.1, 0.15) is 18.2 Å². The van der Waals surface area contributed by atoms with Gasteiger partial charge in [0.25, 0.3) is 0 Å². The molecule has 0 spiro atoms. The average Bonchev–Trinajstić information content (AvgIpc) is 3.67. The van der Waals surface area contributed by atoms with Crippen LogP contribution in [-0.2, 0) is 29.0 Å². The molecule has 4 aliphatic rings. The first kappa shape index (κ1) is 34.4. The highest BCUT2D eigenvalue weighted by Crippen LogP contribution is 2.56. The van der Waals surface area contributed by atoms with Crippen LogP contribution >= 0.6 is 0 Å². The van der Waals surface area contributed by atoms with E-state index in [1.165, 1.54) is 28.3 Å². The number of nitrogens with one attached hydrogen (secondary N) is 1. The molecule has 49 heavy (non-hydrogen) atoms. The van der Waals surface area contributed by atoms with Crippen LogP contribution in [0.2, 0.25) is 0 Å². The summed E-state index contributed by atoms with van der Waals surface area (Å²) < 4.78 is 45.6. The second kappa shape index (κ2) is 12.8. The number of benzene rings is 2. The van der Waals surface area contributed by atoms with E-state index in [4.69, 9.17) is 37.9 Å². The molecule has 1 amide bonds. The van der Waals surface area contributed by atoms with Gasteiger partial charge in [-0.3, -0.25) is 4.79 Å². The number of hydroxylamine groups is 2. The topological polar surface area (TPSA) is 160 Å². The lowest BCUT2D eigenvalue weighted by molar-refractivity contribution is -0.298. The van der Waals surface area contributed by atoms with Gasteiger partial charge in [-0.25, -0.2) is 9.59 Å². The monoisotopic (exact) mass is 683 g/mol. The second-order valence-corrected chi connectivity index (χ2v) is 14.2. The Balaban J connectivity index is 1.28. The molecule has 1 aliphatic carbocycles. The number of hydrogen-bond acceptors (Lipinski definition) is 12. The third-order valence-corrected chi connectivity index (χ3v) is 9.92. The van der Waals surface area contributed by atoms with E-state index in [-0.39, 0.29) is 13.4 Å². The summed E-state index contributed by atoms with van der Waals surface area (Å²) >= 11 is 0. The highest BCUT2D eigenvalue weighted by atomic mass is 16.7. The van der Waals surface area contributed by atoms with E-state index >= 15 is 0 Å². The average molecular weight is 684 g/mol. The molecular weight excluding hydrogens is 640 g/mol. The Morgan fingerprint density at radius 2 is 1.47 bits per heavy atom. The quantitative estimate of drug-likeness (QED) is 0.308. The Morgan fingerprint density at radius 3 is 2.04 bits per heavy atom. The van der Waals surface area contributed by atoms with Crippen molar-refractivity contribution in [2.45, 2.75) is 82.7 Å². The van der Waals surface area contributed by atoms with Crippen LogP contribution < -0.4 is 29.0 Å². The fourth-order valence-electron chi connectivity index (χ4n) is 7.85. The maximum absolute atomic E-state index is 13.6. The van der Waals surface area contributed by atoms with E-state index in [0.717, 1.165) is 5.06 Å². The summed E-state index contributed by atoms with van der Waals surface area (Å²) in [5, 5.41) is 16.4. The molecule has 1 radical (unpaired) electrons. The molecule has 14 heteroatoms. The summed E-state index contributed by atoms with van der Waals surface area (Å²) in [6, 6.07) is 6.03. The molecule has 3 heterocycles. The van der Waals surface area contributed by atoms with Gasteiger partial charge < -0.3 is 43.2 Å². The summed E-state index contributed by atoms with van der Waals surface area (Å²) in [4.78, 5) is 40.1. The van der Waals surface area contributed by atoms with E-state index in [2.05, 4.69) is 5.32 Å². The number of alkyl carbamates (subject to hydrolysis) is 1. The summed E-state index contributed by atoms with van der Waals surface area (Å²) in [7, 11) is 4.53. The number of cyclic esters (lactones) is 1. The Labute approximate surface area is 284 Å². The molecule has 0 saturated carbocycles. The lowest BCUT2D eigenvalue weighted by Crippen LogP contribution is -2.60. The molecule has 0 aromatic heterocycles. The minimum absolute atomic E-state index is 0.00405. The zero-order valence-corrected chi connectivity index (χ0v) is 28.9. The molecule has 2 saturated heterocycles. The summed E-state index contributed by atoms with van der Waals surface area (Å²) in [6.45, 7) is 8.73. The molecule has 2 aromatic rings. The SMILES string of the molecule is COc1cc([C@@H]2c3cc4c(cc3[C@H](OC(=O)[C@H](C)NC(=O)OC3CC(C)(C)N([O])C(C)(C)C3)[C@H]3COC(=O)[C@H]23)OCO4)cc(OC)c1OC. The predicted molar refractivity (Wildman–Crippen MR) is 170 cm³/mol. The van der Waals surface area contributed by atoms with Gasteiger partial charge in [0, 0.05) is 41.3 Å². The number of hydrogen-bond donors (Lipinski definition) is 1. The number of methoxy groups -OCH3 is 3. The molecule has 2 aromatic carbocycles. The number of piperidine rings is 1. The first-order valence-electron chi connectivity index (χ1n) is 16.2. The molecule has 6 rings (SSSR count). The number of ether oxygens (including phenoxy) is 8. The van der Waals surface area contributed by atoms with E-state index in [1.807, 2.05) is 0 Å². The van der Waals surface area contributed by atoms with Crippen LogP contribution in [0, 0.1) is 11.8 Å². The highest BCUT2D eigenvalue weighted by Gasteiger charge is 2.54. The number of amides is 1. The van der Waals surface area contributed by atoms with Crippen LogP contribution in [0.1, 0.15) is 76.2 Å². The number of carbonyl (C=O) groups is 3. The fraction of sp³-hybridized carbons (Fsp3) is 0.571. The lowest BCUT2D eigenvalue weighted by Gasteiger charge is -2.49. The van der Waals surface area contributed by atoms with Gasteiger partial charge in [-0.15, -0.1) is 10.3 Å². The largest absolute Gasteiger partial charge is 0.493 e. The van der Waals surface area contributed by atoms with Gasteiger partial charge in [0.15, 0.2) is 23.0 Å². The van der Waals surface area contributed by atoms with Gasteiger partial charge in [0.2, 0.25) is 12.5 Å². The van der Waals surface area contributed by atoms with E-state index in [1.54, 1.807) is 52.0 Å². The minimum Gasteiger partial charge on any atom is -0.493 e. The van der Waals surface area contributed by atoms with E-state index in [0.29, 0.717) is 58.3 Å². The van der Waals surface area contributed by atoms with E-state index < -0.39 is 65.1 Å². The van der Waals surface area contributed by atoms with Crippen LogP contribution in [0.5, 0.6) is 28.7 Å². The predicted octanol–water partition coefficient (Wildman–Crippen LogP) is 4.44. The van der Waals surface area contributed by atoms with Crippen LogP contribution in [0.4, 0.5) is 4.79 Å². The number of fused-ring (bicyclic) bond motifs is 3. The number of nitrogens with zero attached hydrogens (tertiary/aromatic N) is 1. The Kier molecular flexibility index (Phi) is 8.99. The van der Waals surface area contributed by atoms with Crippen molar-refractivity contribution < 1.29 is 57.5 Å². The van der Waals surface area contributed by atoms with Crippen LogP contribution in [0.25, 0.3) is 0 Å².